The van der Waals surface area contributed by atoms with Crippen LogP contribution in [0.4, 0.5) is 4.39 Å². The van der Waals surface area contributed by atoms with Crippen molar-refractivity contribution in [2.45, 2.75) is 13.3 Å². The average molecular weight is 384 g/mol. The second-order valence-corrected chi connectivity index (χ2v) is 6.59. The number of hydrogen-bond acceptors (Lipinski definition) is 2. The lowest BCUT2D eigenvalue weighted by Crippen LogP contribution is -1.94. The Kier molecular flexibility index (Phi) is 4.24. The van der Waals surface area contributed by atoms with Crippen LogP contribution in [0.3, 0.4) is 0 Å². The molecule has 4 nitrogen and oxygen atoms in total. The summed E-state index contributed by atoms with van der Waals surface area (Å²) in [6, 6.07) is 13.1. The Bertz CT molecular complexity index is 1160. The van der Waals surface area contributed by atoms with Gasteiger partial charge in [-0.05, 0) is 53.9 Å². The topological polar surface area (TPSA) is 66.2 Å². The summed E-state index contributed by atoms with van der Waals surface area (Å²) in [5.41, 5.74) is 3.85. The Hall–Kier alpha value is -3.05. The molecule has 4 rings (SSSR count). The lowest BCUT2D eigenvalue weighted by Gasteiger charge is -2.00. The highest BCUT2D eigenvalue weighted by Gasteiger charge is 2.19. The van der Waals surface area contributed by atoms with Gasteiger partial charge in [-0.25, -0.2) is 9.18 Å². The molecule has 136 valence electrons. The lowest BCUT2D eigenvalue weighted by atomic mass is 10.1. The number of carboxylic acid groups (broad SMARTS) is 1. The van der Waals surface area contributed by atoms with Crippen molar-refractivity contribution in [3.05, 3.63) is 70.5 Å². The van der Waals surface area contributed by atoms with E-state index in [9.17, 15) is 9.18 Å². The van der Waals surface area contributed by atoms with Crippen molar-refractivity contribution >= 4 is 28.5 Å². The molecule has 0 amide bonds. The number of benzene rings is 2. The molecule has 0 aliphatic rings. The molecule has 0 saturated heterocycles. The first kappa shape index (κ1) is 17.4. The van der Waals surface area contributed by atoms with E-state index in [-0.39, 0.29) is 11.4 Å². The number of H-pyrrole nitrogens is 1. The summed E-state index contributed by atoms with van der Waals surface area (Å²) in [5, 5.41) is 9.90. The molecule has 0 aliphatic heterocycles. The summed E-state index contributed by atoms with van der Waals surface area (Å²) < 4.78 is 19.8. The predicted octanol–water partition coefficient (Wildman–Crippen LogP) is 6.15. The third-order valence-electron chi connectivity index (χ3n) is 4.52. The second-order valence-electron chi connectivity index (χ2n) is 6.21. The van der Waals surface area contributed by atoms with E-state index >= 15 is 0 Å². The zero-order valence-corrected chi connectivity index (χ0v) is 15.1. The van der Waals surface area contributed by atoms with Crippen LogP contribution in [0.15, 0.2) is 52.9 Å². The average Bonchev–Trinajstić information content (AvgIpc) is 3.27. The van der Waals surface area contributed by atoms with Gasteiger partial charge in [-0.15, -0.1) is 0 Å². The highest BCUT2D eigenvalue weighted by molar-refractivity contribution is 6.38. The highest BCUT2D eigenvalue weighted by atomic mass is 35.5. The summed E-state index contributed by atoms with van der Waals surface area (Å²) in [7, 11) is 0. The molecule has 27 heavy (non-hydrogen) atoms. The van der Waals surface area contributed by atoms with E-state index < -0.39 is 5.97 Å². The molecule has 0 atom stereocenters. The van der Waals surface area contributed by atoms with E-state index in [1.165, 1.54) is 12.1 Å². The maximum atomic E-state index is 13.8. The number of halogens is 2. The van der Waals surface area contributed by atoms with Crippen molar-refractivity contribution in [3.63, 3.8) is 0 Å². The standard InChI is InChI=1S/C21H15ClFNO3/c1-2-11-9-14(23)10-15-18(22)20(27-19(11)15)17-8-7-16(24-17)12-3-5-13(6-4-12)21(25)26/h3-10,24H,2H2,1H3,(H,25,26). The molecular formula is C21H15ClFNO3. The predicted molar refractivity (Wildman–Crippen MR) is 103 cm³/mol. The Morgan fingerprint density at radius 3 is 2.52 bits per heavy atom. The molecule has 0 unspecified atom stereocenters. The van der Waals surface area contributed by atoms with E-state index in [4.69, 9.17) is 21.1 Å². The minimum Gasteiger partial charge on any atom is -0.478 e. The fourth-order valence-electron chi connectivity index (χ4n) is 3.13. The number of aromatic carboxylic acids is 1. The first-order chi connectivity index (χ1) is 13.0. The Labute approximate surface area is 159 Å². The highest BCUT2D eigenvalue weighted by Crippen LogP contribution is 2.39. The minimum absolute atomic E-state index is 0.222. The van der Waals surface area contributed by atoms with Gasteiger partial charge in [-0.3, -0.25) is 0 Å². The van der Waals surface area contributed by atoms with Gasteiger partial charge in [0.1, 0.15) is 11.4 Å². The Morgan fingerprint density at radius 2 is 1.85 bits per heavy atom. The van der Waals surface area contributed by atoms with Crippen molar-refractivity contribution in [2.75, 3.05) is 0 Å². The van der Waals surface area contributed by atoms with Crippen LogP contribution in [0.1, 0.15) is 22.8 Å². The molecule has 0 bridgehead atoms. The van der Waals surface area contributed by atoms with Gasteiger partial charge in [0.25, 0.3) is 0 Å². The molecule has 4 aromatic rings. The van der Waals surface area contributed by atoms with Crippen LogP contribution >= 0.6 is 11.6 Å². The third-order valence-corrected chi connectivity index (χ3v) is 4.90. The van der Waals surface area contributed by atoms with E-state index in [1.807, 2.05) is 19.1 Å². The molecule has 0 spiro atoms. The van der Waals surface area contributed by atoms with Gasteiger partial charge in [0.05, 0.1) is 16.3 Å². The normalized spacial score (nSPS) is 11.2. The fraction of sp³-hybridized carbons (Fsp3) is 0.0952. The quantitative estimate of drug-likeness (QED) is 0.444. The molecule has 2 heterocycles. The lowest BCUT2D eigenvalue weighted by molar-refractivity contribution is 0.0697. The number of aromatic nitrogens is 1. The van der Waals surface area contributed by atoms with Crippen molar-refractivity contribution in [1.82, 2.24) is 4.98 Å². The van der Waals surface area contributed by atoms with Crippen LogP contribution in [0.5, 0.6) is 0 Å². The molecule has 6 heteroatoms. The molecular weight excluding hydrogens is 369 g/mol. The maximum absolute atomic E-state index is 13.8. The van der Waals surface area contributed by atoms with Gasteiger partial charge in [0.15, 0.2) is 5.76 Å². The van der Waals surface area contributed by atoms with Gasteiger partial charge in [0, 0.05) is 11.1 Å². The van der Waals surface area contributed by atoms with Crippen molar-refractivity contribution in [3.8, 4) is 22.7 Å². The molecule has 2 N–H and O–H groups in total. The summed E-state index contributed by atoms with van der Waals surface area (Å²) in [6.45, 7) is 1.93. The molecule has 2 aromatic carbocycles. The van der Waals surface area contributed by atoms with Crippen LogP contribution in [-0.2, 0) is 6.42 Å². The number of carbonyl (C=O) groups is 1. The van der Waals surface area contributed by atoms with E-state index in [0.717, 1.165) is 16.8 Å². The number of aromatic amines is 1. The van der Waals surface area contributed by atoms with Gasteiger partial charge in [-0.2, -0.15) is 0 Å². The van der Waals surface area contributed by atoms with Crippen LogP contribution in [0, 0.1) is 5.82 Å². The molecule has 0 fully saturated rings. The minimum atomic E-state index is -0.971. The smallest absolute Gasteiger partial charge is 0.335 e. The van der Waals surface area contributed by atoms with Gasteiger partial charge >= 0.3 is 5.97 Å². The molecule has 0 aliphatic carbocycles. The Balaban J connectivity index is 1.77. The maximum Gasteiger partial charge on any atom is 0.335 e. The van der Waals surface area contributed by atoms with Gasteiger partial charge < -0.3 is 14.5 Å². The first-order valence-corrected chi connectivity index (χ1v) is 8.79. The molecule has 0 radical (unpaired) electrons. The molecule has 0 saturated carbocycles. The monoisotopic (exact) mass is 383 g/mol. The fourth-order valence-corrected chi connectivity index (χ4v) is 3.41. The number of hydrogen-bond donors (Lipinski definition) is 2. The number of aryl methyl sites for hydroxylation is 1. The zero-order chi connectivity index (χ0) is 19.1. The largest absolute Gasteiger partial charge is 0.478 e. The number of nitrogens with one attached hydrogen (secondary N) is 1. The van der Waals surface area contributed by atoms with Crippen molar-refractivity contribution in [1.29, 1.82) is 0 Å². The van der Waals surface area contributed by atoms with E-state index in [2.05, 4.69) is 4.98 Å². The number of carboxylic acids is 1. The SMILES string of the molecule is CCc1cc(F)cc2c(Cl)c(-c3ccc(-c4ccc(C(=O)O)cc4)[nH]3)oc12. The van der Waals surface area contributed by atoms with Crippen LogP contribution in [0.25, 0.3) is 33.7 Å². The zero-order valence-electron chi connectivity index (χ0n) is 14.3. The van der Waals surface area contributed by atoms with Crippen molar-refractivity contribution in [2.24, 2.45) is 0 Å². The van der Waals surface area contributed by atoms with Crippen molar-refractivity contribution < 1.29 is 18.7 Å². The summed E-state index contributed by atoms with van der Waals surface area (Å²) in [5.74, 6) is -0.874. The third kappa shape index (κ3) is 3.00. The summed E-state index contributed by atoms with van der Waals surface area (Å²) >= 11 is 6.46. The van der Waals surface area contributed by atoms with Crippen LogP contribution in [-0.4, -0.2) is 16.1 Å². The summed E-state index contributed by atoms with van der Waals surface area (Å²) in [4.78, 5) is 14.2. The number of rotatable bonds is 4. The number of furan rings is 1. The summed E-state index contributed by atoms with van der Waals surface area (Å²) in [6.07, 6.45) is 0.628. The molecule has 2 aromatic heterocycles. The van der Waals surface area contributed by atoms with Gasteiger partial charge in [0.2, 0.25) is 0 Å². The second kappa shape index (κ2) is 6.59. The number of fused-ring (bicyclic) bond motifs is 1. The first-order valence-electron chi connectivity index (χ1n) is 8.41. The Morgan fingerprint density at radius 1 is 1.15 bits per heavy atom. The van der Waals surface area contributed by atoms with E-state index in [1.54, 1.807) is 24.3 Å². The van der Waals surface area contributed by atoms with E-state index in [0.29, 0.717) is 33.9 Å². The van der Waals surface area contributed by atoms with Gasteiger partial charge in [-0.1, -0.05) is 30.7 Å². The van der Waals surface area contributed by atoms with Crippen LogP contribution in [0.2, 0.25) is 5.02 Å². The van der Waals surface area contributed by atoms with Crippen LogP contribution < -0.4 is 0 Å².